The third-order valence-corrected chi connectivity index (χ3v) is 6.65. The molecule has 2 aliphatic heterocycles. The zero-order chi connectivity index (χ0) is 25.4. The molecule has 1 saturated heterocycles. The molecule has 5 heterocycles. The van der Waals surface area contributed by atoms with Gasteiger partial charge in [-0.2, -0.15) is 0 Å². The van der Waals surface area contributed by atoms with Crippen LogP contribution in [0.2, 0.25) is 0 Å². The first-order valence-electron chi connectivity index (χ1n) is 12.1. The Morgan fingerprint density at radius 1 is 1.08 bits per heavy atom. The number of carbonyl (C=O) groups is 1. The number of morpholine rings is 1. The lowest BCUT2D eigenvalue weighted by atomic mass is 10.1. The summed E-state index contributed by atoms with van der Waals surface area (Å²) in [6, 6.07) is 5.92. The van der Waals surface area contributed by atoms with Crippen molar-refractivity contribution in [3.05, 3.63) is 65.6 Å². The van der Waals surface area contributed by atoms with Crippen LogP contribution < -0.4 is 16.0 Å². The quantitative estimate of drug-likeness (QED) is 0.433. The van der Waals surface area contributed by atoms with E-state index in [1.165, 1.54) is 12.1 Å². The summed E-state index contributed by atoms with van der Waals surface area (Å²) in [6.07, 6.45) is 5.85. The van der Waals surface area contributed by atoms with Gasteiger partial charge in [0, 0.05) is 56.8 Å². The van der Waals surface area contributed by atoms with Gasteiger partial charge in [0.1, 0.15) is 5.82 Å². The fraction of sp³-hybridized carbons (Fsp3) is 0.320. The minimum absolute atomic E-state index is 0.181. The van der Waals surface area contributed by atoms with E-state index in [1.54, 1.807) is 29.4 Å². The number of aromatic nitrogens is 5. The number of nitrogen functional groups attached to an aromatic ring is 1. The predicted molar refractivity (Wildman–Crippen MR) is 134 cm³/mol. The molecule has 0 aliphatic carbocycles. The Labute approximate surface area is 212 Å². The highest BCUT2D eigenvalue weighted by Crippen LogP contribution is 2.29. The number of hydrogen-bond donors (Lipinski definition) is 2. The van der Waals surface area contributed by atoms with Crippen molar-refractivity contribution in [1.29, 1.82) is 0 Å². The summed E-state index contributed by atoms with van der Waals surface area (Å²) >= 11 is 0. The van der Waals surface area contributed by atoms with Crippen LogP contribution >= 0.6 is 0 Å². The Kier molecular flexibility index (Phi) is 6.01. The first kappa shape index (κ1) is 23.1. The van der Waals surface area contributed by atoms with Crippen LogP contribution in [0.4, 0.5) is 21.0 Å². The average molecular weight is 504 g/mol. The van der Waals surface area contributed by atoms with Crippen molar-refractivity contribution in [3.8, 4) is 11.3 Å². The van der Waals surface area contributed by atoms with Crippen LogP contribution in [-0.4, -0.2) is 68.1 Å². The lowest BCUT2D eigenvalue weighted by molar-refractivity contribution is 0.122. The molecule has 1 aromatic carbocycles. The lowest BCUT2D eigenvalue weighted by Gasteiger charge is -2.28. The molecular formula is C25H26FN9O2. The summed E-state index contributed by atoms with van der Waals surface area (Å²) in [5.41, 5.74) is 10.6. The number of anilines is 2. The Hall–Kier alpha value is -4.32. The fourth-order valence-electron chi connectivity index (χ4n) is 4.66. The molecule has 11 nitrogen and oxygen atoms in total. The maximum absolute atomic E-state index is 13.2. The first-order chi connectivity index (χ1) is 18.0. The van der Waals surface area contributed by atoms with E-state index in [9.17, 15) is 9.18 Å². The molecule has 190 valence electrons. The van der Waals surface area contributed by atoms with Crippen LogP contribution in [0.15, 0.2) is 42.9 Å². The van der Waals surface area contributed by atoms with E-state index in [4.69, 9.17) is 20.4 Å². The minimum atomic E-state index is -0.304. The van der Waals surface area contributed by atoms with Crippen molar-refractivity contribution < 1.29 is 13.9 Å². The molecule has 12 heteroatoms. The Morgan fingerprint density at radius 3 is 2.59 bits per heavy atom. The molecule has 1 fully saturated rings. The first-order valence-corrected chi connectivity index (χ1v) is 12.1. The third kappa shape index (κ3) is 4.62. The van der Waals surface area contributed by atoms with E-state index in [-0.39, 0.29) is 17.8 Å². The molecule has 0 atom stereocenters. The number of halogens is 1. The molecule has 4 aromatic rings. The summed E-state index contributed by atoms with van der Waals surface area (Å²) in [5, 5.41) is 2.94. The summed E-state index contributed by atoms with van der Waals surface area (Å²) in [4.78, 5) is 35.1. The number of nitrogens with one attached hydrogen (secondary N) is 1. The number of hydrogen-bond acceptors (Lipinski definition) is 8. The van der Waals surface area contributed by atoms with Gasteiger partial charge in [-0.15, -0.1) is 0 Å². The van der Waals surface area contributed by atoms with Crippen LogP contribution in [0.25, 0.3) is 16.9 Å². The standard InChI is InChI=1S/C25H26FN9O2/c26-18-3-1-16(2-4-18)11-30-25(36)34-6-5-19-21(15-34)35-14-20(17-12-28-24(27)29-13-17)32-22(23(35)31-19)33-7-9-37-10-8-33/h1-4,12-14H,5-11,15H2,(H,30,36)(H2,27,28,29). The number of amides is 2. The second kappa shape index (κ2) is 9.62. The van der Waals surface area contributed by atoms with Crippen LogP contribution in [-0.2, 0) is 24.2 Å². The molecule has 0 spiro atoms. The summed E-state index contributed by atoms with van der Waals surface area (Å²) in [6.45, 7) is 3.92. The average Bonchev–Trinajstić information content (AvgIpc) is 3.31. The van der Waals surface area contributed by atoms with Gasteiger partial charge in [-0.25, -0.2) is 29.1 Å². The van der Waals surface area contributed by atoms with E-state index >= 15 is 0 Å². The molecule has 3 N–H and O–H groups in total. The maximum atomic E-state index is 13.2. The number of rotatable bonds is 4. The van der Waals surface area contributed by atoms with E-state index in [2.05, 4.69) is 20.2 Å². The number of nitrogens with two attached hydrogens (primary N) is 1. The van der Waals surface area contributed by atoms with Crippen molar-refractivity contribution >= 4 is 23.4 Å². The molecule has 0 bridgehead atoms. The number of carbonyl (C=O) groups excluding carboxylic acids is 1. The molecule has 0 radical (unpaired) electrons. The van der Waals surface area contributed by atoms with Crippen LogP contribution in [0, 0.1) is 5.82 Å². The van der Waals surface area contributed by atoms with Gasteiger partial charge in [-0.3, -0.25) is 4.40 Å². The fourth-order valence-corrected chi connectivity index (χ4v) is 4.66. The number of ether oxygens (including phenoxy) is 1. The second-order valence-corrected chi connectivity index (χ2v) is 9.03. The van der Waals surface area contributed by atoms with Crippen LogP contribution in [0.3, 0.4) is 0 Å². The highest BCUT2D eigenvalue weighted by Gasteiger charge is 2.28. The maximum Gasteiger partial charge on any atom is 0.318 e. The third-order valence-electron chi connectivity index (χ3n) is 6.65. The highest BCUT2D eigenvalue weighted by molar-refractivity contribution is 5.75. The Bertz CT molecular complexity index is 1430. The van der Waals surface area contributed by atoms with Crippen molar-refractivity contribution in [3.63, 3.8) is 0 Å². The van der Waals surface area contributed by atoms with Crippen molar-refractivity contribution in [2.45, 2.75) is 19.5 Å². The zero-order valence-corrected chi connectivity index (χ0v) is 20.1. The number of benzene rings is 1. The van der Waals surface area contributed by atoms with Gasteiger partial charge in [0.15, 0.2) is 11.5 Å². The monoisotopic (exact) mass is 503 g/mol. The zero-order valence-electron chi connectivity index (χ0n) is 20.1. The van der Waals surface area contributed by atoms with Crippen LogP contribution in [0.5, 0.6) is 0 Å². The van der Waals surface area contributed by atoms with E-state index in [0.29, 0.717) is 58.1 Å². The molecule has 6 rings (SSSR count). The predicted octanol–water partition coefficient (Wildman–Crippen LogP) is 2.01. The van der Waals surface area contributed by atoms with Crippen molar-refractivity contribution in [2.75, 3.05) is 43.5 Å². The Morgan fingerprint density at radius 2 is 1.84 bits per heavy atom. The van der Waals surface area contributed by atoms with Gasteiger partial charge in [-0.05, 0) is 17.7 Å². The second-order valence-electron chi connectivity index (χ2n) is 9.03. The number of nitrogens with zero attached hydrogens (tertiary/aromatic N) is 7. The van der Waals surface area contributed by atoms with E-state index < -0.39 is 0 Å². The van der Waals surface area contributed by atoms with E-state index in [0.717, 1.165) is 34.0 Å². The summed E-state index contributed by atoms with van der Waals surface area (Å²) in [7, 11) is 0. The SMILES string of the molecule is Nc1ncc(-c2cn3c4c(nc3c(N3CCOCC3)n2)CCN(C(=O)NCc2ccc(F)cc2)C4)cn1. The van der Waals surface area contributed by atoms with Gasteiger partial charge in [0.25, 0.3) is 0 Å². The molecule has 0 unspecified atom stereocenters. The summed E-state index contributed by atoms with van der Waals surface area (Å²) < 4.78 is 20.8. The number of imidazole rings is 1. The lowest BCUT2D eigenvalue weighted by Crippen LogP contribution is -2.42. The molecule has 0 saturated carbocycles. The largest absolute Gasteiger partial charge is 0.378 e. The number of fused-ring (bicyclic) bond motifs is 3. The molecule has 2 aliphatic rings. The summed E-state index contributed by atoms with van der Waals surface area (Å²) in [5.74, 6) is 0.655. The van der Waals surface area contributed by atoms with Crippen LogP contribution in [0.1, 0.15) is 17.0 Å². The highest BCUT2D eigenvalue weighted by atomic mass is 19.1. The van der Waals surface area contributed by atoms with Gasteiger partial charge in [-0.1, -0.05) is 12.1 Å². The van der Waals surface area contributed by atoms with Gasteiger partial charge in [0.2, 0.25) is 5.95 Å². The molecular weight excluding hydrogens is 477 g/mol. The smallest absolute Gasteiger partial charge is 0.318 e. The topological polar surface area (TPSA) is 127 Å². The van der Waals surface area contributed by atoms with Crippen molar-refractivity contribution in [1.82, 2.24) is 34.6 Å². The van der Waals surface area contributed by atoms with E-state index in [1.807, 2.05) is 10.6 Å². The van der Waals surface area contributed by atoms with Gasteiger partial charge in [0.05, 0.1) is 36.8 Å². The molecule has 2 amide bonds. The van der Waals surface area contributed by atoms with Gasteiger partial charge < -0.3 is 25.6 Å². The number of urea groups is 1. The Balaban J connectivity index is 1.32. The normalized spacial score (nSPS) is 15.6. The molecule has 37 heavy (non-hydrogen) atoms. The van der Waals surface area contributed by atoms with Gasteiger partial charge >= 0.3 is 6.03 Å². The minimum Gasteiger partial charge on any atom is -0.378 e. The molecule has 3 aromatic heterocycles. The van der Waals surface area contributed by atoms with Crippen molar-refractivity contribution in [2.24, 2.45) is 0 Å².